The molecule has 3 aromatic carbocycles. The largest absolute Gasteiger partial charge is 0.447 e. The van der Waals surface area contributed by atoms with E-state index in [0.29, 0.717) is 11.6 Å². The Bertz CT molecular complexity index is 1390. The van der Waals surface area contributed by atoms with Crippen LogP contribution in [0.15, 0.2) is 128 Å². The Morgan fingerprint density at radius 2 is 1.66 bits per heavy atom. The van der Waals surface area contributed by atoms with Crippen LogP contribution in [-0.2, 0) is 5.60 Å². The molecule has 38 heavy (non-hydrogen) atoms. The molecule has 0 radical (unpaired) electrons. The van der Waals surface area contributed by atoms with Gasteiger partial charge >= 0.3 is 0 Å². The lowest BCUT2D eigenvalue weighted by molar-refractivity contribution is 0.0438. The molecule has 0 aliphatic carbocycles. The molecule has 194 valence electrons. The number of pyridine rings is 1. The van der Waals surface area contributed by atoms with Crippen molar-refractivity contribution in [3.8, 4) is 5.88 Å². The summed E-state index contributed by atoms with van der Waals surface area (Å²) in [6.07, 6.45) is 4.89. The summed E-state index contributed by atoms with van der Waals surface area (Å²) >= 11 is 5.26. The number of thioether (sulfide) groups is 1. The van der Waals surface area contributed by atoms with E-state index in [1.807, 2.05) is 83.8 Å². The molecule has 0 saturated carbocycles. The van der Waals surface area contributed by atoms with Gasteiger partial charge in [0.05, 0.1) is 11.8 Å². The van der Waals surface area contributed by atoms with Gasteiger partial charge in [0.1, 0.15) is 5.60 Å². The molecule has 4 nitrogen and oxygen atoms in total. The van der Waals surface area contributed by atoms with E-state index < -0.39 is 11.5 Å². The maximum atomic E-state index is 12.8. The van der Waals surface area contributed by atoms with Crippen LogP contribution in [0.2, 0.25) is 0 Å². The average Bonchev–Trinajstić information content (AvgIpc) is 2.95. The molecule has 0 fully saturated rings. The first-order chi connectivity index (χ1) is 18.5. The Labute approximate surface area is 237 Å². The van der Waals surface area contributed by atoms with E-state index in [9.17, 15) is 5.11 Å². The topological polar surface area (TPSA) is 45.6 Å². The third-order valence-corrected chi connectivity index (χ3v) is 8.05. The Morgan fingerprint density at radius 1 is 0.974 bits per heavy atom. The second kappa shape index (κ2) is 13.0. The minimum atomic E-state index is -1.28. The maximum Gasteiger partial charge on any atom is 0.222 e. The summed E-state index contributed by atoms with van der Waals surface area (Å²) in [6, 6.07) is 27.9. The van der Waals surface area contributed by atoms with Crippen molar-refractivity contribution in [2.45, 2.75) is 11.5 Å². The minimum Gasteiger partial charge on any atom is -0.447 e. The van der Waals surface area contributed by atoms with Gasteiger partial charge in [0.15, 0.2) is 0 Å². The number of fused-ring (bicyclic) bond motifs is 1. The lowest BCUT2D eigenvalue weighted by Crippen LogP contribution is -2.37. The first-order valence-corrected chi connectivity index (χ1v) is 14.2. The van der Waals surface area contributed by atoms with Crippen molar-refractivity contribution in [2.75, 3.05) is 18.1 Å². The number of halogens is 1. The summed E-state index contributed by atoms with van der Waals surface area (Å²) in [6.45, 7) is 12.2. The van der Waals surface area contributed by atoms with Crippen LogP contribution in [0.3, 0.4) is 0 Å². The molecule has 0 bridgehead atoms. The van der Waals surface area contributed by atoms with Crippen molar-refractivity contribution in [3.05, 3.63) is 144 Å². The van der Waals surface area contributed by atoms with Gasteiger partial charge in [0, 0.05) is 39.4 Å². The normalized spacial score (nSPS) is 13.3. The first kappa shape index (κ1) is 27.7. The van der Waals surface area contributed by atoms with E-state index in [2.05, 4.69) is 41.7 Å². The summed E-state index contributed by atoms with van der Waals surface area (Å²) < 4.78 is 6.84. The number of benzene rings is 3. The smallest absolute Gasteiger partial charge is 0.222 e. The van der Waals surface area contributed by atoms with Gasteiger partial charge in [-0.05, 0) is 47.8 Å². The molecule has 0 amide bonds. The van der Waals surface area contributed by atoms with Crippen LogP contribution in [0, 0.1) is 0 Å². The van der Waals surface area contributed by atoms with Gasteiger partial charge in [-0.3, -0.25) is 0 Å². The summed E-state index contributed by atoms with van der Waals surface area (Å²) in [5.41, 5.74) is 2.09. The fourth-order valence-electron chi connectivity index (χ4n) is 4.60. The fraction of sp³-hybridized carbons (Fsp3) is 0.156. The van der Waals surface area contributed by atoms with Crippen molar-refractivity contribution >= 4 is 38.6 Å². The highest BCUT2D eigenvalue weighted by atomic mass is 79.9. The van der Waals surface area contributed by atoms with Crippen LogP contribution in [0.4, 0.5) is 0 Å². The van der Waals surface area contributed by atoms with E-state index in [-0.39, 0.29) is 0 Å². The van der Waals surface area contributed by atoms with Gasteiger partial charge in [-0.2, -0.15) is 11.8 Å². The zero-order valence-electron chi connectivity index (χ0n) is 21.2. The minimum absolute atomic E-state index is 0.424. The van der Waals surface area contributed by atoms with Crippen LogP contribution >= 0.6 is 27.7 Å². The molecule has 0 spiro atoms. The average molecular weight is 588 g/mol. The van der Waals surface area contributed by atoms with E-state index in [0.717, 1.165) is 44.4 Å². The molecule has 4 aromatic rings. The Morgan fingerprint density at radius 3 is 2.32 bits per heavy atom. The van der Waals surface area contributed by atoms with Crippen molar-refractivity contribution in [3.63, 3.8) is 0 Å². The van der Waals surface area contributed by atoms with Crippen LogP contribution in [-0.4, -0.2) is 33.0 Å². The van der Waals surface area contributed by atoms with Gasteiger partial charge in [-0.15, -0.1) is 0 Å². The quantitative estimate of drug-likeness (QED) is 0.127. The molecule has 0 aliphatic heterocycles. The van der Waals surface area contributed by atoms with Gasteiger partial charge in [0.2, 0.25) is 5.88 Å². The third-order valence-electron chi connectivity index (χ3n) is 6.44. The highest BCUT2D eigenvalue weighted by Gasteiger charge is 2.42. The van der Waals surface area contributed by atoms with Gasteiger partial charge < -0.3 is 14.7 Å². The summed E-state index contributed by atoms with van der Waals surface area (Å²) in [5, 5.41) is 13.7. The zero-order chi connectivity index (χ0) is 27.0. The van der Waals surface area contributed by atoms with E-state index in [1.165, 1.54) is 6.26 Å². The van der Waals surface area contributed by atoms with Crippen LogP contribution < -0.4 is 4.74 Å². The number of hydrogen-bond donors (Lipinski definition) is 1. The fourth-order valence-corrected chi connectivity index (χ4v) is 6.11. The lowest BCUT2D eigenvalue weighted by atomic mass is 9.74. The number of rotatable bonds is 13. The molecule has 1 N–H and O–H groups in total. The second-order valence-corrected chi connectivity index (χ2v) is 10.8. The van der Waals surface area contributed by atoms with Crippen LogP contribution in [0.5, 0.6) is 5.88 Å². The predicted octanol–water partition coefficient (Wildman–Crippen LogP) is 7.86. The SMILES string of the molecule is C=COc1nc2ccc(Br)cc2cc1C(c1ccccc1)C(O)(CSCCN(C=C)C=C)c1ccccc1. The Balaban J connectivity index is 1.89. The van der Waals surface area contributed by atoms with Crippen molar-refractivity contribution in [2.24, 2.45) is 0 Å². The van der Waals surface area contributed by atoms with Gasteiger partial charge in [-0.1, -0.05) is 96.3 Å². The Kier molecular flexibility index (Phi) is 9.45. The Hall–Kier alpha value is -3.32. The molecule has 1 aromatic heterocycles. The van der Waals surface area contributed by atoms with Crippen molar-refractivity contribution in [1.29, 1.82) is 0 Å². The molecule has 4 rings (SSSR count). The number of aromatic nitrogens is 1. The van der Waals surface area contributed by atoms with Crippen LogP contribution in [0.1, 0.15) is 22.6 Å². The highest BCUT2D eigenvalue weighted by molar-refractivity contribution is 9.10. The molecule has 6 heteroatoms. The molecule has 0 saturated heterocycles. The second-order valence-electron chi connectivity index (χ2n) is 8.79. The standard InChI is InChI=1S/C32H31BrN2O2S/c1-4-35(5-2)19-20-38-23-32(36,26-15-11-8-12-16-26)30(24-13-9-7-10-14-24)28-22-25-21-27(33)17-18-29(25)34-31(28)37-6-3/h4-18,21-22,30,36H,1-3,19-20,23H2. The predicted molar refractivity (Wildman–Crippen MR) is 163 cm³/mol. The molecule has 2 unspecified atom stereocenters. The lowest BCUT2D eigenvalue weighted by Gasteiger charge is -2.38. The molecule has 1 heterocycles. The number of nitrogens with zero attached hydrogens (tertiary/aromatic N) is 2. The third kappa shape index (κ3) is 6.21. The summed E-state index contributed by atoms with van der Waals surface area (Å²) in [4.78, 5) is 6.78. The van der Waals surface area contributed by atoms with E-state index >= 15 is 0 Å². The molecule has 2 atom stereocenters. The van der Waals surface area contributed by atoms with E-state index in [1.54, 1.807) is 24.2 Å². The molecule has 0 aliphatic rings. The molecular weight excluding hydrogens is 556 g/mol. The maximum absolute atomic E-state index is 12.8. The first-order valence-electron chi connectivity index (χ1n) is 12.3. The monoisotopic (exact) mass is 586 g/mol. The van der Waals surface area contributed by atoms with Gasteiger partial charge in [0.25, 0.3) is 0 Å². The number of aliphatic hydroxyl groups is 1. The summed E-state index contributed by atoms with van der Waals surface area (Å²) in [5.74, 6) is 1.18. The number of ether oxygens (including phenoxy) is 1. The highest BCUT2D eigenvalue weighted by Crippen LogP contribution is 2.47. The van der Waals surface area contributed by atoms with Crippen LogP contribution in [0.25, 0.3) is 10.9 Å². The zero-order valence-corrected chi connectivity index (χ0v) is 23.6. The van der Waals surface area contributed by atoms with E-state index in [4.69, 9.17) is 9.72 Å². The van der Waals surface area contributed by atoms with Crippen molar-refractivity contribution < 1.29 is 9.84 Å². The molecular formula is C32H31BrN2O2S. The summed E-state index contributed by atoms with van der Waals surface area (Å²) in [7, 11) is 0. The number of hydrogen-bond acceptors (Lipinski definition) is 5. The van der Waals surface area contributed by atoms with Gasteiger partial charge in [-0.25, -0.2) is 4.98 Å². The van der Waals surface area contributed by atoms with Crippen molar-refractivity contribution in [1.82, 2.24) is 9.88 Å².